The highest BCUT2D eigenvalue weighted by atomic mass is 32.2. The molecule has 3 heterocycles. The molecule has 1 aliphatic heterocycles. The molecule has 0 bridgehead atoms. The number of nitrogens with zero attached hydrogens (tertiary/aromatic N) is 2. The third-order valence-corrected chi connectivity index (χ3v) is 7.20. The van der Waals surface area contributed by atoms with Gasteiger partial charge in [0.15, 0.2) is 9.84 Å². The Kier molecular flexibility index (Phi) is 5.14. The zero-order chi connectivity index (χ0) is 18.0. The molecule has 25 heavy (non-hydrogen) atoms. The number of rotatable bonds is 5. The summed E-state index contributed by atoms with van der Waals surface area (Å²) in [7, 11) is -2.95. The normalized spacial score (nSPS) is 19.2. The molecule has 1 aliphatic rings. The van der Waals surface area contributed by atoms with Gasteiger partial charge in [-0.05, 0) is 25.5 Å². The van der Waals surface area contributed by atoms with E-state index in [1.165, 1.54) is 22.2 Å². The Hall–Kier alpha value is -1.87. The smallest absolute Gasteiger partial charge is 0.316 e. The predicted octanol–water partition coefficient (Wildman–Crippen LogP) is 0.966. The van der Waals surface area contributed by atoms with Gasteiger partial charge in [-0.25, -0.2) is 13.4 Å². The van der Waals surface area contributed by atoms with Crippen LogP contribution in [0.5, 0.6) is 0 Å². The van der Waals surface area contributed by atoms with E-state index in [1.807, 2.05) is 13.0 Å². The van der Waals surface area contributed by atoms with Crippen molar-refractivity contribution in [3.05, 3.63) is 46.0 Å². The molecule has 0 radical (unpaired) electrons. The lowest BCUT2D eigenvalue weighted by Gasteiger charge is -2.09. The molecule has 1 atom stereocenters. The van der Waals surface area contributed by atoms with E-state index >= 15 is 0 Å². The van der Waals surface area contributed by atoms with Gasteiger partial charge in [-0.1, -0.05) is 6.07 Å². The Labute approximate surface area is 149 Å². The lowest BCUT2D eigenvalue weighted by Crippen LogP contribution is -2.19. The van der Waals surface area contributed by atoms with Gasteiger partial charge in [0.05, 0.1) is 23.0 Å². The molecule has 3 rings (SSSR count). The second kappa shape index (κ2) is 7.17. The molecule has 0 spiro atoms. The molecule has 134 valence electrons. The number of carbonyl (C=O) groups excluding carboxylic acids is 1. The summed E-state index contributed by atoms with van der Waals surface area (Å²) in [5, 5.41) is -0.0519. The van der Waals surface area contributed by atoms with Gasteiger partial charge in [0.1, 0.15) is 12.3 Å². The maximum Gasteiger partial charge on any atom is 0.316 e. The second-order valence-corrected chi connectivity index (χ2v) is 9.46. The lowest BCUT2D eigenvalue weighted by atomic mass is 10.3. The average Bonchev–Trinajstić information content (AvgIpc) is 2.90. The Morgan fingerprint density at radius 3 is 2.96 bits per heavy atom. The van der Waals surface area contributed by atoms with Crippen molar-refractivity contribution in [1.29, 1.82) is 0 Å². The fourth-order valence-corrected chi connectivity index (χ4v) is 6.15. The zero-order valence-electron chi connectivity index (χ0n) is 13.7. The third kappa shape index (κ3) is 4.40. The number of fused-ring (bicyclic) bond motifs is 1. The summed E-state index contributed by atoms with van der Waals surface area (Å²) in [5.41, 5.74) is 1.45. The van der Waals surface area contributed by atoms with Gasteiger partial charge in [-0.3, -0.25) is 14.0 Å². The van der Waals surface area contributed by atoms with Crippen molar-refractivity contribution < 1.29 is 17.9 Å². The van der Waals surface area contributed by atoms with Crippen LogP contribution in [0.25, 0.3) is 5.65 Å². The van der Waals surface area contributed by atoms with E-state index in [4.69, 9.17) is 4.74 Å². The molecule has 0 saturated carbocycles. The van der Waals surface area contributed by atoms with Gasteiger partial charge in [-0.2, -0.15) is 0 Å². The molecule has 0 aliphatic carbocycles. The molecule has 9 heteroatoms. The first-order valence-corrected chi connectivity index (χ1v) is 10.7. The SMILES string of the molecule is Cc1cccc2nc(COC(=O)CS[C@@H]3CCS(=O)(=O)C3)cc(=O)n12. The summed E-state index contributed by atoms with van der Waals surface area (Å²) in [4.78, 5) is 28.3. The molecule has 0 unspecified atom stereocenters. The number of sulfone groups is 1. The molecule has 7 nitrogen and oxygen atoms in total. The van der Waals surface area contributed by atoms with Crippen molar-refractivity contribution in [3.8, 4) is 0 Å². The van der Waals surface area contributed by atoms with E-state index in [1.54, 1.807) is 12.1 Å². The van der Waals surface area contributed by atoms with Crippen LogP contribution < -0.4 is 5.56 Å². The largest absolute Gasteiger partial charge is 0.459 e. The highest BCUT2D eigenvalue weighted by Gasteiger charge is 2.28. The van der Waals surface area contributed by atoms with Gasteiger partial charge >= 0.3 is 5.97 Å². The molecule has 0 aromatic carbocycles. The van der Waals surface area contributed by atoms with Gasteiger partial charge < -0.3 is 4.74 Å². The van der Waals surface area contributed by atoms with Crippen LogP contribution in [0.2, 0.25) is 0 Å². The molecule has 2 aromatic heterocycles. The van der Waals surface area contributed by atoms with Crippen LogP contribution in [-0.4, -0.2) is 46.3 Å². The summed E-state index contributed by atoms with van der Waals surface area (Å²) in [6, 6.07) is 6.69. The van der Waals surface area contributed by atoms with Crippen LogP contribution in [0.3, 0.4) is 0 Å². The molecular weight excluding hydrogens is 364 g/mol. The highest BCUT2D eigenvalue weighted by molar-refractivity contribution is 8.02. The maximum absolute atomic E-state index is 12.1. The summed E-state index contributed by atoms with van der Waals surface area (Å²) in [6.07, 6.45) is 0.572. The van der Waals surface area contributed by atoms with Crippen LogP contribution >= 0.6 is 11.8 Å². The van der Waals surface area contributed by atoms with Crippen LogP contribution in [-0.2, 0) is 26.0 Å². The number of aryl methyl sites for hydroxylation is 1. The Bertz CT molecular complexity index is 968. The van der Waals surface area contributed by atoms with E-state index in [0.29, 0.717) is 17.8 Å². The molecule has 0 N–H and O–H groups in total. The topological polar surface area (TPSA) is 94.8 Å². The predicted molar refractivity (Wildman–Crippen MR) is 95.5 cm³/mol. The molecule has 1 saturated heterocycles. The first-order chi connectivity index (χ1) is 11.8. The van der Waals surface area contributed by atoms with E-state index in [-0.39, 0.29) is 34.7 Å². The number of thioether (sulfide) groups is 1. The van der Waals surface area contributed by atoms with Crippen molar-refractivity contribution in [3.63, 3.8) is 0 Å². The standard InChI is InChI=1S/C16H18N2O5S2/c1-11-3-2-4-14-17-12(7-15(19)18(11)14)8-23-16(20)9-24-13-5-6-25(21,22)10-13/h2-4,7,13H,5-6,8-10H2,1H3/t13-/m1/s1. The molecular formula is C16H18N2O5S2. The zero-order valence-corrected chi connectivity index (χ0v) is 15.3. The fraction of sp³-hybridized carbons (Fsp3) is 0.438. The highest BCUT2D eigenvalue weighted by Crippen LogP contribution is 2.24. The van der Waals surface area contributed by atoms with Crippen LogP contribution in [0.4, 0.5) is 0 Å². The first-order valence-electron chi connectivity index (χ1n) is 7.80. The number of pyridine rings is 1. The summed E-state index contributed by atoms with van der Waals surface area (Å²) in [6.45, 7) is 1.73. The Morgan fingerprint density at radius 1 is 1.44 bits per heavy atom. The van der Waals surface area contributed by atoms with Crippen LogP contribution in [0.15, 0.2) is 29.1 Å². The number of aromatic nitrogens is 2. The lowest BCUT2D eigenvalue weighted by molar-refractivity contribution is -0.141. The minimum absolute atomic E-state index is 0.0519. The van der Waals surface area contributed by atoms with Crippen LogP contribution in [0.1, 0.15) is 17.8 Å². The van der Waals surface area contributed by atoms with Gasteiger partial charge in [0.25, 0.3) is 5.56 Å². The van der Waals surface area contributed by atoms with E-state index in [9.17, 15) is 18.0 Å². The van der Waals surface area contributed by atoms with E-state index in [0.717, 1.165) is 5.69 Å². The van der Waals surface area contributed by atoms with Gasteiger partial charge in [-0.15, -0.1) is 11.8 Å². The number of carbonyl (C=O) groups is 1. The second-order valence-electron chi connectivity index (χ2n) is 5.94. The Balaban J connectivity index is 1.57. The van der Waals surface area contributed by atoms with Gasteiger partial charge in [0, 0.05) is 17.0 Å². The quantitative estimate of drug-likeness (QED) is 0.711. The number of hydrogen-bond acceptors (Lipinski definition) is 7. The number of esters is 1. The summed E-state index contributed by atoms with van der Waals surface area (Å²) < 4.78 is 29.4. The van der Waals surface area contributed by atoms with Crippen molar-refractivity contribution in [2.75, 3.05) is 17.3 Å². The van der Waals surface area contributed by atoms with Crippen molar-refractivity contribution >= 4 is 33.2 Å². The van der Waals surface area contributed by atoms with Crippen molar-refractivity contribution in [1.82, 2.24) is 9.38 Å². The number of ether oxygens (including phenoxy) is 1. The Morgan fingerprint density at radius 2 is 2.24 bits per heavy atom. The molecule has 1 fully saturated rings. The fourth-order valence-electron chi connectivity index (χ4n) is 2.71. The van der Waals surface area contributed by atoms with E-state index < -0.39 is 15.8 Å². The summed E-state index contributed by atoms with van der Waals surface area (Å²) >= 11 is 1.30. The van der Waals surface area contributed by atoms with Gasteiger partial charge in [0.2, 0.25) is 0 Å². The minimum Gasteiger partial charge on any atom is -0.459 e. The third-order valence-electron chi connectivity index (χ3n) is 3.94. The average molecular weight is 382 g/mol. The molecule has 0 amide bonds. The summed E-state index contributed by atoms with van der Waals surface area (Å²) in [5.74, 6) is -0.0518. The monoisotopic (exact) mass is 382 g/mol. The molecule has 2 aromatic rings. The van der Waals surface area contributed by atoms with E-state index in [2.05, 4.69) is 4.98 Å². The van der Waals surface area contributed by atoms with Crippen molar-refractivity contribution in [2.24, 2.45) is 0 Å². The first kappa shape index (κ1) is 17.9. The number of hydrogen-bond donors (Lipinski definition) is 0. The van der Waals surface area contributed by atoms with Crippen LogP contribution in [0, 0.1) is 6.92 Å². The maximum atomic E-state index is 12.1. The minimum atomic E-state index is -2.95. The van der Waals surface area contributed by atoms with Crippen molar-refractivity contribution in [2.45, 2.75) is 25.2 Å².